The lowest BCUT2D eigenvalue weighted by Crippen LogP contribution is -2.21. The van der Waals surface area contributed by atoms with Gasteiger partial charge in [0.15, 0.2) is 0 Å². The molecule has 2 N–H and O–H groups in total. The molecule has 0 saturated carbocycles. The SMILES string of the molecule is Cc1c(C(=O)Nc2ccn[nH]2)sc2ncn(Cc3ccccc3)c(=O)c12. The Kier molecular flexibility index (Phi) is 4.10. The average Bonchev–Trinajstić information content (AvgIpc) is 3.26. The zero-order chi connectivity index (χ0) is 18.1. The smallest absolute Gasteiger partial charge is 0.267 e. The van der Waals surface area contributed by atoms with Gasteiger partial charge in [-0.3, -0.25) is 19.3 Å². The van der Waals surface area contributed by atoms with Crippen LogP contribution in [0.2, 0.25) is 0 Å². The van der Waals surface area contributed by atoms with E-state index in [0.717, 1.165) is 5.56 Å². The van der Waals surface area contributed by atoms with Crippen molar-refractivity contribution in [2.75, 3.05) is 5.32 Å². The summed E-state index contributed by atoms with van der Waals surface area (Å²) in [5.41, 5.74) is 1.51. The third kappa shape index (κ3) is 2.91. The van der Waals surface area contributed by atoms with E-state index in [2.05, 4.69) is 20.5 Å². The minimum atomic E-state index is -0.288. The van der Waals surface area contributed by atoms with E-state index in [1.807, 2.05) is 30.3 Å². The van der Waals surface area contributed by atoms with Gasteiger partial charge in [-0.25, -0.2) is 4.98 Å². The molecule has 3 aromatic heterocycles. The lowest BCUT2D eigenvalue weighted by molar-refractivity contribution is 0.102. The molecule has 0 bridgehead atoms. The topological polar surface area (TPSA) is 92.7 Å². The van der Waals surface area contributed by atoms with Crippen LogP contribution in [-0.4, -0.2) is 25.7 Å². The summed E-state index contributed by atoms with van der Waals surface area (Å²) in [6.45, 7) is 2.21. The summed E-state index contributed by atoms with van der Waals surface area (Å²) in [4.78, 5) is 30.8. The predicted molar refractivity (Wildman–Crippen MR) is 101 cm³/mol. The summed E-state index contributed by atoms with van der Waals surface area (Å²) < 4.78 is 1.56. The van der Waals surface area contributed by atoms with Crippen molar-refractivity contribution in [3.05, 3.63) is 75.3 Å². The minimum absolute atomic E-state index is 0.145. The number of hydrogen-bond acceptors (Lipinski definition) is 5. The lowest BCUT2D eigenvalue weighted by atomic mass is 10.2. The third-order valence-electron chi connectivity index (χ3n) is 4.07. The van der Waals surface area contributed by atoms with Crippen LogP contribution in [-0.2, 0) is 6.54 Å². The quantitative estimate of drug-likeness (QED) is 0.582. The second kappa shape index (κ2) is 6.57. The van der Waals surface area contributed by atoms with Crippen LogP contribution in [0.5, 0.6) is 0 Å². The zero-order valence-corrected chi connectivity index (χ0v) is 14.7. The van der Waals surface area contributed by atoms with E-state index in [1.54, 1.807) is 23.8 Å². The van der Waals surface area contributed by atoms with E-state index in [-0.39, 0.29) is 11.5 Å². The molecule has 26 heavy (non-hydrogen) atoms. The van der Waals surface area contributed by atoms with Gasteiger partial charge in [-0.15, -0.1) is 11.3 Å². The van der Waals surface area contributed by atoms with Crippen molar-refractivity contribution in [3.8, 4) is 0 Å². The zero-order valence-electron chi connectivity index (χ0n) is 13.9. The average molecular weight is 365 g/mol. The number of anilines is 1. The van der Waals surface area contributed by atoms with Gasteiger partial charge in [0.25, 0.3) is 11.5 Å². The lowest BCUT2D eigenvalue weighted by Gasteiger charge is -2.05. The van der Waals surface area contributed by atoms with E-state index in [0.29, 0.717) is 33.0 Å². The van der Waals surface area contributed by atoms with Gasteiger partial charge >= 0.3 is 0 Å². The molecular weight excluding hydrogens is 350 g/mol. The number of fused-ring (bicyclic) bond motifs is 1. The Morgan fingerprint density at radius 3 is 2.81 bits per heavy atom. The highest BCUT2D eigenvalue weighted by Gasteiger charge is 2.20. The van der Waals surface area contributed by atoms with Crippen molar-refractivity contribution in [1.29, 1.82) is 0 Å². The maximum atomic E-state index is 12.9. The van der Waals surface area contributed by atoms with Gasteiger partial charge in [0.1, 0.15) is 10.6 Å². The predicted octanol–water partition coefficient (Wildman–Crippen LogP) is 2.79. The first-order valence-electron chi connectivity index (χ1n) is 7.96. The Morgan fingerprint density at radius 2 is 2.08 bits per heavy atom. The van der Waals surface area contributed by atoms with Crippen LogP contribution in [0.1, 0.15) is 20.8 Å². The van der Waals surface area contributed by atoms with Gasteiger partial charge in [0.05, 0.1) is 29.3 Å². The third-order valence-corrected chi connectivity index (χ3v) is 5.27. The highest BCUT2D eigenvalue weighted by molar-refractivity contribution is 7.20. The molecule has 0 aliphatic rings. The van der Waals surface area contributed by atoms with Crippen LogP contribution in [0.15, 0.2) is 53.7 Å². The molecule has 0 radical (unpaired) electrons. The molecule has 4 aromatic rings. The van der Waals surface area contributed by atoms with Gasteiger partial charge in [-0.05, 0) is 18.1 Å². The number of nitrogens with one attached hydrogen (secondary N) is 2. The molecule has 0 aliphatic heterocycles. The largest absolute Gasteiger partial charge is 0.306 e. The molecule has 3 heterocycles. The molecule has 1 aromatic carbocycles. The van der Waals surface area contributed by atoms with Crippen molar-refractivity contribution < 1.29 is 4.79 Å². The van der Waals surface area contributed by atoms with Crippen LogP contribution >= 0.6 is 11.3 Å². The Morgan fingerprint density at radius 1 is 1.27 bits per heavy atom. The molecule has 4 rings (SSSR count). The minimum Gasteiger partial charge on any atom is -0.306 e. The number of amides is 1. The molecule has 0 spiro atoms. The summed E-state index contributed by atoms with van der Waals surface area (Å²) in [5.74, 6) is 0.213. The number of thiophene rings is 1. The van der Waals surface area contributed by atoms with Gasteiger partial charge < -0.3 is 5.32 Å². The molecule has 0 unspecified atom stereocenters. The van der Waals surface area contributed by atoms with Crippen LogP contribution in [0.25, 0.3) is 10.2 Å². The molecule has 0 aliphatic carbocycles. The van der Waals surface area contributed by atoms with E-state index in [4.69, 9.17) is 0 Å². The summed E-state index contributed by atoms with van der Waals surface area (Å²) in [7, 11) is 0. The van der Waals surface area contributed by atoms with Crippen molar-refractivity contribution in [2.24, 2.45) is 0 Å². The molecule has 1 amide bonds. The molecular formula is C18H15N5O2S. The van der Waals surface area contributed by atoms with E-state index in [1.165, 1.54) is 17.7 Å². The fourth-order valence-electron chi connectivity index (χ4n) is 2.77. The van der Waals surface area contributed by atoms with Crippen LogP contribution < -0.4 is 10.9 Å². The molecule has 8 heteroatoms. The first-order chi connectivity index (χ1) is 12.6. The van der Waals surface area contributed by atoms with Crippen LogP contribution in [0, 0.1) is 6.92 Å². The second-order valence-electron chi connectivity index (χ2n) is 5.82. The van der Waals surface area contributed by atoms with Gasteiger partial charge in [-0.1, -0.05) is 30.3 Å². The van der Waals surface area contributed by atoms with E-state index in [9.17, 15) is 9.59 Å². The van der Waals surface area contributed by atoms with Gasteiger partial charge in [0.2, 0.25) is 0 Å². The summed E-state index contributed by atoms with van der Waals surface area (Å²) in [5, 5.41) is 9.70. The number of H-pyrrole nitrogens is 1. The Balaban J connectivity index is 1.72. The first-order valence-corrected chi connectivity index (χ1v) is 8.78. The summed E-state index contributed by atoms with van der Waals surface area (Å²) >= 11 is 1.21. The monoisotopic (exact) mass is 365 g/mol. The van der Waals surface area contributed by atoms with E-state index < -0.39 is 0 Å². The number of aromatic nitrogens is 4. The fourth-order valence-corrected chi connectivity index (χ4v) is 3.81. The Bertz CT molecular complexity index is 1130. The van der Waals surface area contributed by atoms with Crippen molar-refractivity contribution >= 4 is 33.3 Å². The molecule has 0 saturated heterocycles. The number of carbonyl (C=O) groups excluding carboxylic acids is 1. The number of rotatable bonds is 4. The summed E-state index contributed by atoms with van der Waals surface area (Å²) in [6, 6.07) is 11.4. The highest BCUT2D eigenvalue weighted by Crippen LogP contribution is 2.27. The highest BCUT2D eigenvalue weighted by atomic mass is 32.1. The number of hydrogen-bond donors (Lipinski definition) is 2. The second-order valence-corrected chi connectivity index (χ2v) is 6.82. The van der Waals surface area contributed by atoms with Crippen molar-refractivity contribution in [2.45, 2.75) is 13.5 Å². The van der Waals surface area contributed by atoms with Crippen molar-refractivity contribution in [3.63, 3.8) is 0 Å². The number of carbonyl (C=O) groups is 1. The molecule has 130 valence electrons. The Labute approximate surface area is 152 Å². The normalized spacial score (nSPS) is 11.0. The van der Waals surface area contributed by atoms with Gasteiger partial charge in [-0.2, -0.15) is 5.10 Å². The number of aromatic amines is 1. The number of nitrogens with zero attached hydrogens (tertiary/aromatic N) is 3. The molecule has 0 atom stereocenters. The maximum absolute atomic E-state index is 12.9. The maximum Gasteiger partial charge on any atom is 0.267 e. The fraction of sp³-hybridized carbons (Fsp3) is 0.111. The number of benzene rings is 1. The first kappa shape index (κ1) is 16.2. The van der Waals surface area contributed by atoms with E-state index >= 15 is 0 Å². The van der Waals surface area contributed by atoms with Gasteiger partial charge in [0, 0.05) is 6.07 Å². The molecule has 7 nitrogen and oxygen atoms in total. The molecule has 0 fully saturated rings. The van der Waals surface area contributed by atoms with Crippen LogP contribution in [0.3, 0.4) is 0 Å². The van der Waals surface area contributed by atoms with Crippen LogP contribution in [0.4, 0.5) is 5.82 Å². The van der Waals surface area contributed by atoms with Crippen molar-refractivity contribution in [1.82, 2.24) is 19.7 Å². The number of aryl methyl sites for hydroxylation is 1. The summed E-state index contributed by atoms with van der Waals surface area (Å²) in [6.07, 6.45) is 3.08. The standard InChI is InChI=1S/C18H15N5O2S/c1-11-14-17(26-15(11)16(24)21-13-7-8-20-22-13)19-10-23(18(14)25)9-12-5-3-2-4-6-12/h2-8,10H,9H2,1H3,(H2,20,21,22,24). The Hall–Kier alpha value is -3.26.